The van der Waals surface area contributed by atoms with Crippen molar-refractivity contribution in [2.75, 3.05) is 6.54 Å². The number of benzene rings is 1. The molecule has 2 nitrogen and oxygen atoms in total. The van der Waals surface area contributed by atoms with Crippen molar-refractivity contribution in [3.8, 4) is 0 Å². The molecular weight excluding hydrogens is 203 g/mol. The van der Waals surface area contributed by atoms with Gasteiger partial charge in [-0.1, -0.05) is 11.6 Å². The second kappa shape index (κ2) is 3.58. The number of nitrogens with one attached hydrogen (secondary N) is 1. The van der Waals surface area contributed by atoms with E-state index in [4.69, 9.17) is 11.6 Å². The van der Waals surface area contributed by atoms with Crippen LogP contribution < -0.4 is 5.32 Å². The number of rotatable bonds is 1. The van der Waals surface area contributed by atoms with Gasteiger partial charge in [-0.3, -0.25) is 4.99 Å². The third-order valence-electron chi connectivity index (χ3n) is 2.10. The van der Waals surface area contributed by atoms with Crippen LogP contribution in [0.1, 0.15) is 12.5 Å². The first-order chi connectivity index (χ1) is 6.66. The van der Waals surface area contributed by atoms with Crippen molar-refractivity contribution in [1.29, 1.82) is 0 Å². The van der Waals surface area contributed by atoms with Gasteiger partial charge >= 0.3 is 0 Å². The summed E-state index contributed by atoms with van der Waals surface area (Å²) in [4.78, 5) is 4.28. The van der Waals surface area contributed by atoms with E-state index >= 15 is 0 Å². The van der Waals surface area contributed by atoms with Crippen molar-refractivity contribution in [3.05, 3.63) is 34.6 Å². The maximum atomic E-state index is 12.9. The molecule has 74 valence electrons. The van der Waals surface area contributed by atoms with Gasteiger partial charge in [0, 0.05) is 11.6 Å². The van der Waals surface area contributed by atoms with Gasteiger partial charge in [-0.15, -0.1) is 0 Å². The lowest BCUT2D eigenvalue weighted by Crippen LogP contribution is -2.27. The van der Waals surface area contributed by atoms with Gasteiger partial charge in [0.1, 0.15) is 11.7 Å². The van der Waals surface area contributed by atoms with Crippen LogP contribution >= 0.6 is 11.6 Å². The Balaban J connectivity index is 2.30. The van der Waals surface area contributed by atoms with E-state index in [-0.39, 0.29) is 5.02 Å². The Bertz CT molecular complexity index is 390. The van der Waals surface area contributed by atoms with Gasteiger partial charge in [0.15, 0.2) is 0 Å². The number of hydrogen-bond acceptors (Lipinski definition) is 2. The minimum Gasteiger partial charge on any atom is -0.366 e. The van der Waals surface area contributed by atoms with Crippen LogP contribution in [-0.4, -0.2) is 18.4 Å². The van der Waals surface area contributed by atoms with E-state index in [1.165, 1.54) is 6.07 Å². The molecule has 1 aliphatic rings. The second-order valence-electron chi connectivity index (χ2n) is 3.36. The first-order valence-electron chi connectivity index (χ1n) is 4.43. The van der Waals surface area contributed by atoms with E-state index < -0.39 is 5.82 Å². The van der Waals surface area contributed by atoms with Gasteiger partial charge < -0.3 is 5.32 Å². The molecule has 1 aromatic rings. The zero-order valence-corrected chi connectivity index (χ0v) is 8.48. The van der Waals surface area contributed by atoms with Gasteiger partial charge in [-0.2, -0.15) is 0 Å². The molecule has 2 rings (SSSR count). The highest BCUT2D eigenvalue weighted by atomic mass is 35.5. The molecule has 0 aliphatic carbocycles. The Morgan fingerprint density at radius 2 is 2.36 bits per heavy atom. The number of amidine groups is 1. The van der Waals surface area contributed by atoms with Crippen LogP contribution in [0.5, 0.6) is 0 Å². The van der Waals surface area contributed by atoms with E-state index in [9.17, 15) is 4.39 Å². The van der Waals surface area contributed by atoms with Crippen molar-refractivity contribution >= 4 is 17.4 Å². The fraction of sp³-hybridized carbons (Fsp3) is 0.300. The quantitative estimate of drug-likeness (QED) is 0.759. The molecule has 1 heterocycles. The fourth-order valence-electron chi connectivity index (χ4n) is 1.37. The predicted molar refractivity (Wildman–Crippen MR) is 55.4 cm³/mol. The number of halogens is 2. The highest BCUT2D eigenvalue weighted by molar-refractivity contribution is 6.31. The number of nitrogens with zero attached hydrogens (tertiary/aromatic N) is 1. The molecule has 0 radical (unpaired) electrons. The van der Waals surface area contributed by atoms with Gasteiger partial charge in [-0.05, 0) is 25.1 Å². The van der Waals surface area contributed by atoms with E-state index in [0.29, 0.717) is 6.04 Å². The van der Waals surface area contributed by atoms with Crippen LogP contribution in [0.15, 0.2) is 23.2 Å². The third-order valence-corrected chi connectivity index (χ3v) is 2.39. The summed E-state index contributed by atoms with van der Waals surface area (Å²) < 4.78 is 12.9. The summed E-state index contributed by atoms with van der Waals surface area (Å²) in [6, 6.07) is 4.95. The Kier molecular flexibility index (Phi) is 2.42. The van der Waals surface area contributed by atoms with Crippen LogP contribution in [0.3, 0.4) is 0 Å². The average molecular weight is 213 g/mol. The monoisotopic (exact) mass is 212 g/mol. The zero-order chi connectivity index (χ0) is 10.1. The highest BCUT2D eigenvalue weighted by Crippen LogP contribution is 2.17. The summed E-state index contributed by atoms with van der Waals surface area (Å²) in [6.07, 6.45) is 0. The first-order valence-corrected chi connectivity index (χ1v) is 4.81. The maximum absolute atomic E-state index is 12.9. The molecule has 1 unspecified atom stereocenters. The van der Waals surface area contributed by atoms with Crippen molar-refractivity contribution < 1.29 is 4.39 Å². The normalized spacial score (nSPS) is 20.5. The molecule has 14 heavy (non-hydrogen) atoms. The maximum Gasteiger partial charge on any atom is 0.141 e. The molecule has 0 saturated carbocycles. The fourth-order valence-corrected chi connectivity index (χ4v) is 1.55. The molecule has 1 aromatic carbocycles. The first kappa shape index (κ1) is 9.46. The van der Waals surface area contributed by atoms with Gasteiger partial charge in [0.05, 0.1) is 11.6 Å². The molecular formula is C10H10ClFN2. The van der Waals surface area contributed by atoms with Crippen LogP contribution in [0, 0.1) is 5.82 Å². The molecule has 0 amide bonds. The van der Waals surface area contributed by atoms with Gasteiger partial charge in [0.25, 0.3) is 0 Å². The Morgan fingerprint density at radius 1 is 1.57 bits per heavy atom. The minimum absolute atomic E-state index is 0.131. The molecule has 0 bridgehead atoms. The van der Waals surface area contributed by atoms with Gasteiger partial charge in [0.2, 0.25) is 0 Å². The Hall–Kier alpha value is -1.09. The Morgan fingerprint density at radius 3 is 2.93 bits per heavy atom. The largest absolute Gasteiger partial charge is 0.366 e. The predicted octanol–water partition coefficient (Wildman–Crippen LogP) is 2.22. The molecule has 0 fully saturated rings. The van der Waals surface area contributed by atoms with Crippen molar-refractivity contribution in [3.63, 3.8) is 0 Å². The van der Waals surface area contributed by atoms with E-state index in [1.807, 2.05) is 6.92 Å². The molecule has 1 N–H and O–H groups in total. The van der Waals surface area contributed by atoms with Crippen LogP contribution in [0.25, 0.3) is 0 Å². The lowest BCUT2D eigenvalue weighted by Gasteiger charge is -2.06. The summed E-state index contributed by atoms with van der Waals surface area (Å²) >= 11 is 5.67. The minimum atomic E-state index is -0.401. The molecule has 4 heteroatoms. The van der Waals surface area contributed by atoms with E-state index in [0.717, 1.165) is 17.9 Å². The smallest absolute Gasteiger partial charge is 0.141 e. The van der Waals surface area contributed by atoms with E-state index in [1.54, 1.807) is 12.1 Å². The molecule has 0 spiro atoms. The highest BCUT2D eigenvalue weighted by Gasteiger charge is 2.14. The summed E-state index contributed by atoms with van der Waals surface area (Å²) in [7, 11) is 0. The van der Waals surface area contributed by atoms with Crippen molar-refractivity contribution in [1.82, 2.24) is 5.32 Å². The lowest BCUT2D eigenvalue weighted by atomic mass is 10.2. The van der Waals surface area contributed by atoms with E-state index in [2.05, 4.69) is 10.3 Å². The Labute approximate surface area is 86.8 Å². The van der Waals surface area contributed by atoms with Crippen LogP contribution in [0.2, 0.25) is 5.02 Å². The molecule has 0 saturated heterocycles. The van der Waals surface area contributed by atoms with Crippen LogP contribution in [-0.2, 0) is 0 Å². The summed E-state index contributed by atoms with van der Waals surface area (Å²) in [5.41, 5.74) is 0.834. The molecule has 0 aromatic heterocycles. The summed E-state index contributed by atoms with van der Waals surface area (Å²) in [5, 5.41) is 3.32. The molecule has 1 atom stereocenters. The van der Waals surface area contributed by atoms with Crippen molar-refractivity contribution in [2.45, 2.75) is 13.0 Å². The summed E-state index contributed by atoms with van der Waals surface area (Å²) in [6.45, 7) is 2.80. The second-order valence-corrected chi connectivity index (χ2v) is 3.77. The van der Waals surface area contributed by atoms with Crippen LogP contribution in [0.4, 0.5) is 4.39 Å². The lowest BCUT2D eigenvalue weighted by molar-refractivity contribution is 0.628. The van der Waals surface area contributed by atoms with Crippen molar-refractivity contribution in [2.24, 2.45) is 4.99 Å². The number of aliphatic imine (C=N–C) groups is 1. The summed E-state index contributed by atoms with van der Waals surface area (Å²) in [5.74, 6) is 0.390. The SMILES string of the molecule is CC1CN=C(c2ccc(F)c(Cl)c2)N1. The van der Waals surface area contributed by atoms with Gasteiger partial charge in [-0.25, -0.2) is 4.39 Å². The third kappa shape index (κ3) is 1.73. The average Bonchev–Trinajstić information content (AvgIpc) is 2.57. The standard InChI is InChI=1S/C10H10ClFN2/c1-6-5-13-10(14-6)7-2-3-9(12)8(11)4-7/h2-4,6H,5H2,1H3,(H,13,14). The zero-order valence-electron chi connectivity index (χ0n) is 7.72. The molecule has 1 aliphatic heterocycles. The topological polar surface area (TPSA) is 24.4 Å². The number of hydrogen-bond donors (Lipinski definition) is 1.